The van der Waals surface area contributed by atoms with Crippen molar-refractivity contribution in [2.75, 3.05) is 0 Å². The van der Waals surface area contributed by atoms with Crippen LogP contribution in [0, 0.1) is 0 Å². The molecule has 30 heavy (non-hydrogen) atoms. The van der Waals surface area contributed by atoms with Crippen LogP contribution in [0.15, 0.2) is 97.1 Å². The van der Waals surface area contributed by atoms with Crippen LogP contribution in [0.25, 0.3) is 49.9 Å². The summed E-state index contributed by atoms with van der Waals surface area (Å²) in [6.45, 7) is 0. The molecule has 0 saturated carbocycles. The summed E-state index contributed by atoms with van der Waals surface area (Å²) in [4.78, 5) is 10.0. The number of rotatable bonds is 2. The van der Waals surface area contributed by atoms with Gasteiger partial charge in [-0.15, -0.1) is 0 Å². The molecule has 4 heteroatoms. The van der Waals surface area contributed by atoms with Crippen LogP contribution in [0.3, 0.4) is 0 Å². The zero-order valence-corrected chi connectivity index (χ0v) is 16.2. The maximum absolute atomic E-state index is 6.10. The van der Waals surface area contributed by atoms with Crippen LogP contribution in [-0.4, -0.2) is 22.4 Å². The van der Waals surface area contributed by atoms with E-state index in [9.17, 15) is 0 Å². The fourth-order valence-corrected chi connectivity index (χ4v) is 4.19. The average Bonchev–Trinajstić information content (AvgIpc) is 3.12. The van der Waals surface area contributed by atoms with Gasteiger partial charge in [0, 0.05) is 21.7 Å². The Bertz CT molecular complexity index is 1550. The molecule has 0 fully saturated rings. The average molecular weight is 381 g/mol. The molecule has 0 amide bonds. The van der Waals surface area contributed by atoms with Crippen molar-refractivity contribution in [1.82, 2.24) is 14.5 Å². The highest BCUT2D eigenvalue weighted by Gasteiger charge is 2.16. The third kappa shape index (κ3) is 2.54. The summed E-state index contributed by atoms with van der Waals surface area (Å²) in [5, 5.41) is 3.28. The van der Waals surface area contributed by atoms with Crippen molar-refractivity contribution < 1.29 is 0 Å². The van der Waals surface area contributed by atoms with E-state index in [1.807, 2.05) is 66.7 Å². The second-order valence-corrected chi connectivity index (χ2v) is 7.38. The first-order valence-corrected chi connectivity index (χ1v) is 9.91. The lowest BCUT2D eigenvalue weighted by molar-refractivity contribution is 1.01. The molecule has 0 bridgehead atoms. The normalized spacial score (nSPS) is 11.5. The summed E-state index contributed by atoms with van der Waals surface area (Å²) in [6, 6.07) is 32.7. The van der Waals surface area contributed by atoms with E-state index in [1.54, 1.807) is 0 Å². The summed E-state index contributed by atoms with van der Waals surface area (Å²) >= 11 is 0. The number of nitrogens with zero attached hydrogens (tertiary/aromatic N) is 3. The van der Waals surface area contributed by atoms with E-state index < -0.39 is 0 Å². The first-order chi connectivity index (χ1) is 14.8. The van der Waals surface area contributed by atoms with Crippen LogP contribution in [0.1, 0.15) is 0 Å². The molecule has 0 aliphatic carbocycles. The van der Waals surface area contributed by atoms with Gasteiger partial charge in [-0.05, 0) is 18.2 Å². The molecule has 0 atom stereocenters. The third-order valence-electron chi connectivity index (χ3n) is 5.54. The van der Waals surface area contributed by atoms with Crippen molar-refractivity contribution in [3.05, 3.63) is 97.1 Å². The molecule has 2 heterocycles. The van der Waals surface area contributed by atoms with Crippen LogP contribution in [0.5, 0.6) is 0 Å². The van der Waals surface area contributed by atoms with E-state index in [0.29, 0.717) is 5.95 Å². The predicted molar refractivity (Wildman–Crippen MR) is 125 cm³/mol. The maximum Gasteiger partial charge on any atom is 0.235 e. The summed E-state index contributed by atoms with van der Waals surface area (Å²) in [6.07, 6.45) is 0. The Hall–Kier alpha value is -3.92. The Kier molecular flexibility index (Phi) is 3.72. The van der Waals surface area contributed by atoms with Gasteiger partial charge in [0.15, 0.2) is 0 Å². The molecular weight excluding hydrogens is 365 g/mol. The van der Waals surface area contributed by atoms with Crippen LogP contribution >= 0.6 is 0 Å². The minimum Gasteiger partial charge on any atom is -0.278 e. The molecule has 6 aromatic rings. The lowest BCUT2D eigenvalue weighted by atomic mass is 9.94. The maximum atomic E-state index is 6.10. The second-order valence-electron chi connectivity index (χ2n) is 7.38. The fraction of sp³-hybridized carbons (Fsp3) is 0. The Morgan fingerprint density at radius 2 is 1.30 bits per heavy atom. The van der Waals surface area contributed by atoms with Gasteiger partial charge in [-0.2, -0.15) is 0 Å². The molecule has 2 radical (unpaired) electrons. The van der Waals surface area contributed by atoms with Gasteiger partial charge in [0.1, 0.15) is 7.85 Å². The molecular formula is C26H16BN3. The van der Waals surface area contributed by atoms with Crippen LogP contribution in [-0.2, 0) is 0 Å². The molecule has 138 valence electrons. The van der Waals surface area contributed by atoms with Crippen molar-refractivity contribution in [1.29, 1.82) is 0 Å². The van der Waals surface area contributed by atoms with Crippen molar-refractivity contribution in [2.45, 2.75) is 0 Å². The highest BCUT2D eigenvalue weighted by Crippen LogP contribution is 2.32. The van der Waals surface area contributed by atoms with Gasteiger partial charge in [-0.25, -0.2) is 9.97 Å². The van der Waals surface area contributed by atoms with E-state index in [-0.39, 0.29) is 0 Å². The second kappa shape index (κ2) is 6.56. The van der Waals surface area contributed by atoms with Gasteiger partial charge >= 0.3 is 0 Å². The number of para-hydroxylation sites is 2. The molecule has 0 spiro atoms. The molecule has 2 aromatic heterocycles. The molecule has 0 aliphatic heterocycles. The van der Waals surface area contributed by atoms with E-state index in [2.05, 4.69) is 34.9 Å². The zero-order chi connectivity index (χ0) is 20.1. The number of aromatic nitrogens is 3. The van der Waals surface area contributed by atoms with E-state index in [0.717, 1.165) is 49.4 Å². The van der Waals surface area contributed by atoms with Crippen LogP contribution in [0.2, 0.25) is 0 Å². The fourth-order valence-electron chi connectivity index (χ4n) is 4.19. The highest BCUT2D eigenvalue weighted by atomic mass is 15.2. The van der Waals surface area contributed by atoms with Crippen molar-refractivity contribution in [3.63, 3.8) is 0 Å². The summed E-state index contributed by atoms with van der Waals surface area (Å²) in [7, 11) is 6.10. The third-order valence-corrected chi connectivity index (χ3v) is 5.54. The van der Waals surface area contributed by atoms with Crippen LogP contribution in [0.4, 0.5) is 0 Å². The highest BCUT2D eigenvalue weighted by molar-refractivity contribution is 6.33. The molecule has 3 nitrogen and oxygen atoms in total. The predicted octanol–water partition coefficient (Wildman–Crippen LogP) is 5.19. The van der Waals surface area contributed by atoms with Gasteiger partial charge < -0.3 is 0 Å². The lowest BCUT2D eigenvalue weighted by Crippen LogP contribution is -2.04. The van der Waals surface area contributed by atoms with Gasteiger partial charge in [0.25, 0.3) is 0 Å². The SMILES string of the molecule is [B]c1ccc2c(c1)c1ccccc1n2-c1nc(-c2ccccc2)c2ccccc2n1. The standard InChI is InChI=1S/C26H16BN3/c27-18-14-15-24-21(16-18)19-10-5-7-13-23(19)30(24)26-28-22-12-6-4-11-20(22)25(29-26)17-8-2-1-3-9-17/h1-16H. The first-order valence-electron chi connectivity index (χ1n) is 9.91. The van der Waals surface area contributed by atoms with Crippen molar-refractivity contribution in [3.8, 4) is 17.2 Å². The number of hydrogen-bond donors (Lipinski definition) is 0. The zero-order valence-electron chi connectivity index (χ0n) is 16.2. The lowest BCUT2D eigenvalue weighted by Gasteiger charge is -2.11. The number of fused-ring (bicyclic) bond motifs is 4. The van der Waals surface area contributed by atoms with Gasteiger partial charge in [0.05, 0.1) is 22.2 Å². The molecule has 4 aromatic carbocycles. The van der Waals surface area contributed by atoms with Gasteiger partial charge in [-0.3, -0.25) is 4.57 Å². The van der Waals surface area contributed by atoms with Gasteiger partial charge in [0.2, 0.25) is 5.95 Å². The van der Waals surface area contributed by atoms with E-state index >= 15 is 0 Å². The summed E-state index contributed by atoms with van der Waals surface area (Å²) < 4.78 is 2.13. The topological polar surface area (TPSA) is 30.7 Å². The van der Waals surface area contributed by atoms with Crippen molar-refractivity contribution in [2.24, 2.45) is 0 Å². The number of benzene rings is 4. The Balaban J connectivity index is 1.75. The Morgan fingerprint density at radius 3 is 2.17 bits per heavy atom. The van der Waals surface area contributed by atoms with E-state index in [4.69, 9.17) is 17.8 Å². The smallest absolute Gasteiger partial charge is 0.235 e. The Morgan fingerprint density at radius 1 is 0.600 bits per heavy atom. The molecule has 0 N–H and O–H groups in total. The van der Waals surface area contributed by atoms with Crippen molar-refractivity contribution >= 4 is 46.0 Å². The number of hydrogen-bond acceptors (Lipinski definition) is 2. The summed E-state index contributed by atoms with van der Waals surface area (Å²) in [5.41, 5.74) is 5.77. The Labute approximate surface area is 175 Å². The monoisotopic (exact) mass is 381 g/mol. The first kappa shape index (κ1) is 17.0. The van der Waals surface area contributed by atoms with E-state index in [1.165, 1.54) is 0 Å². The quantitative estimate of drug-likeness (QED) is 0.387. The molecule has 0 saturated heterocycles. The molecule has 6 rings (SSSR count). The largest absolute Gasteiger partial charge is 0.278 e. The van der Waals surface area contributed by atoms with Crippen LogP contribution < -0.4 is 5.46 Å². The summed E-state index contributed by atoms with van der Waals surface area (Å²) in [5.74, 6) is 0.656. The molecule has 0 unspecified atom stereocenters. The van der Waals surface area contributed by atoms with Gasteiger partial charge in [-0.1, -0.05) is 84.3 Å². The molecule has 0 aliphatic rings. The minimum absolute atomic E-state index is 0.656. The minimum atomic E-state index is 0.656.